The molecule has 0 saturated carbocycles. The van der Waals surface area contributed by atoms with Crippen LogP contribution in [0.15, 0.2) is 82.8 Å². The highest BCUT2D eigenvalue weighted by atomic mass is 16.8. The Kier molecular flexibility index (Phi) is 8.96. The van der Waals surface area contributed by atoms with Crippen molar-refractivity contribution in [3.8, 4) is 11.5 Å². The number of phenolic OH excluding ortho intramolecular Hbond substituents is 2. The second kappa shape index (κ2) is 12.4. The molecule has 0 bridgehead atoms. The Morgan fingerprint density at radius 2 is 1.21 bits per heavy atom. The highest BCUT2D eigenvalue weighted by Gasteiger charge is 2.06. The van der Waals surface area contributed by atoms with E-state index in [1.807, 2.05) is 12.1 Å². The summed E-state index contributed by atoms with van der Waals surface area (Å²) in [6.45, 7) is 2.99. The molecule has 0 aliphatic rings. The quantitative estimate of drug-likeness (QED) is 0.304. The molecule has 8 heteroatoms. The van der Waals surface area contributed by atoms with Gasteiger partial charge in [-0.3, -0.25) is 20.1 Å². The molecule has 33 heavy (non-hydrogen) atoms. The number of para-hydroxylation sites is 2. The maximum atomic E-state index is 11.0. The summed E-state index contributed by atoms with van der Waals surface area (Å²) in [7, 11) is 0. The number of benzene rings is 3. The standard InChI is InChI=1S/C25H27N4O4/c30-24-7-3-1-5-21(24)17-26-13-15-28(19-20-9-11-23(12-10-20)29(32)33)16-14-27-18-22-6-2-4-8-25(22)31/h1-12,17-18,30-32H,13-16,19H2/q-1. The van der Waals surface area contributed by atoms with E-state index in [0.29, 0.717) is 43.9 Å². The van der Waals surface area contributed by atoms with Crippen LogP contribution in [0, 0.1) is 5.21 Å². The summed E-state index contributed by atoms with van der Waals surface area (Å²) in [5.74, 6) is 0.376. The first-order valence-electron chi connectivity index (χ1n) is 10.6. The highest BCUT2D eigenvalue weighted by molar-refractivity contribution is 5.83. The summed E-state index contributed by atoms with van der Waals surface area (Å²) in [6, 6.07) is 20.8. The summed E-state index contributed by atoms with van der Waals surface area (Å²) < 4.78 is 0. The topological polar surface area (TPSA) is 115 Å². The molecule has 0 amide bonds. The van der Waals surface area contributed by atoms with Crippen LogP contribution in [-0.4, -0.2) is 58.9 Å². The average molecular weight is 448 g/mol. The Labute approximate surface area is 192 Å². The molecule has 0 aliphatic carbocycles. The van der Waals surface area contributed by atoms with Crippen LogP contribution in [0.5, 0.6) is 11.5 Å². The van der Waals surface area contributed by atoms with E-state index in [-0.39, 0.29) is 22.4 Å². The van der Waals surface area contributed by atoms with E-state index >= 15 is 0 Å². The van der Waals surface area contributed by atoms with E-state index in [4.69, 9.17) is 5.21 Å². The van der Waals surface area contributed by atoms with Gasteiger partial charge in [-0.25, -0.2) is 0 Å². The van der Waals surface area contributed by atoms with Crippen molar-refractivity contribution in [2.45, 2.75) is 6.54 Å². The van der Waals surface area contributed by atoms with Crippen molar-refractivity contribution >= 4 is 18.1 Å². The lowest BCUT2D eigenvalue weighted by Crippen LogP contribution is -2.28. The molecule has 3 aromatic rings. The van der Waals surface area contributed by atoms with Crippen molar-refractivity contribution in [3.05, 3.63) is 94.7 Å². The van der Waals surface area contributed by atoms with Crippen LogP contribution >= 0.6 is 0 Å². The molecule has 0 unspecified atom stereocenters. The predicted molar refractivity (Wildman–Crippen MR) is 130 cm³/mol. The zero-order chi connectivity index (χ0) is 23.5. The Hall–Kier alpha value is -3.72. The van der Waals surface area contributed by atoms with Gasteiger partial charge in [-0.2, -0.15) is 0 Å². The zero-order valence-electron chi connectivity index (χ0n) is 18.2. The molecule has 0 aromatic heterocycles. The van der Waals surface area contributed by atoms with Crippen molar-refractivity contribution < 1.29 is 15.4 Å². The van der Waals surface area contributed by atoms with Gasteiger partial charge in [0.05, 0.1) is 18.8 Å². The molecule has 0 aliphatic heterocycles. The number of aromatic hydroxyl groups is 2. The summed E-state index contributed by atoms with van der Waals surface area (Å²) in [6.07, 6.45) is 3.31. The normalized spacial score (nSPS) is 11.6. The van der Waals surface area contributed by atoms with Gasteiger partial charge in [0.2, 0.25) is 0 Å². The number of phenols is 2. The van der Waals surface area contributed by atoms with Gasteiger partial charge in [0, 0.05) is 43.2 Å². The van der Waals surface area contributed by atoms with Crippen LogP contribution in [0.1, 0.15) is 16.7 Å². The first-order valence-corrected chi connectivity index (χ1v) is 10.6. The minimum absolute atomic E-state index is 0.164. The summed E-state index contributed by atoms with van der Waals surface area (Å²) in [4.78, 5) is 11.0. The Bertz CT molecular complexity index is 1010. The van der Waals surface area contributed by atoms with Crippen LogP contribution in [0.3, 0.4) is 0 Å². The van der Waals surface area contributed by atoms with E-state index < -0.39 is 0 Å². The van der Waals surface area contributed by atoms with Gasteiger partial charge in [-0.1, -0.05) is 36.4 Å². The molecule has 0 spiro atoms. The van der Waals surface area contributed by atoms with E-state index in [1.165, 1.54) is 0 Å². The molecule has 172 valence electrons. The maximum absolute atomic E-state index is 11.0. The van der Waals surface area contributed by atoms with Gasteiger partial charge in [-0.05, 0) is 42.0 Å². The Morgan fingerprint density at radius 3 is 1.67 bits per heavy atom. The molecule has 0 atom stereocenters. The van der Waals surface area contributed by atoms with Gasteiger partial charge in [0.15, 0.2) is 0 Å². The lowest BCUT2D eigenvalue weighted by Gasteiger charge is -2.23. The minimum Gasteiger partial charge on any atom is -0.733 e. The molecule has 0 heterocycles. The number of hydrogen-bond acceptors (Lipinski definition) is 8. The van der Waals surface area contributed by atoms with Gasteiger partial charge in [0.25, 0.3) is 0 Å². The molecule has 0 fully saturated rings. The minimum atomic E-state index is -0.164. The third-order valence-corrected chi connectivity index (χ3v) is 4.99. The molecule has 3 N–H and O–H groups in total. The molecule has 3 rings (SSSR count). The molecule has 8 nitrogen and oxygen atoms in total. The molecular formula is C25H27N4O4-. The summed E-state index contributed by atoms with van der Waals surface area (Å²) in [5, 5.41) is 39.6. The van der Waals surface area contributed by atoms with Gasteiger partial charge < -0.3 is 20.6 Å². The zero-order valence-corrected chi connectivity index (χ0v) is 18.2. The second-order valence-electron chi connectivity index (χ2n) is 7.40. The van der Waals surface area contributed by atoms with Crippen LogP contribution in [0.2, 0.25) is 0 Å². The van der Waals surface area contributed by atoms with Crippen LogP contribution in [0.4, 0.5) is 5.69 Å². The number of hydrogen-bond donors (Lipinski definition) is 3. The SMILES string of the molecule is [O-]N(O)c1ccc(CN(CCN=Cc2ccccc2O)CCN=Cc2ccccc2O)cc1. The Morgan fingerprint density at radius 1 is 0.727 bits per heavy atom. The van der Waals surface area contributed by atoms with E-state index in [0.717, 1.165) is 5.56 Å². The van der Waals surface area contributed by atoms with Crippen molar-refractivity contribution in [2.24, 2.45) is 9.98 Å². The van der Waals surface area contributed by atoms with E-state index in [2.05, 4.69) is 14.9 Å². The summed E-state index contributed by atoms with van der Waals surface area (Å²) in [5.41, 5.74) is 2.48. The molecule has 0 saturated heterocycles. The fourth-order valence-electron chi connectivity index (χ4n) is 3.17. The number of rotatable bonds is 11. The summed E-state index contributed by atoms with van der Waals surface area (Å²) >= 11 is 0. The lowest BCUT2D eigenvalue weighted by molar-refractivity contribution is 0.281. The molecule has 0 radical (unpaired) electrons. The van der Waals surface area contributed by atoms with Gasteiger partial charge in [0.1, 0.15) is 11.5 Å². The van der Waals surface area contributed by atoms with Gasteiger partial charge in [-0.15, -0.1) is 0 Å². The smallest absolute Gasteiger partial charge is 0.124 e. The lowest BCUT2D eigenvalue weighted by atomic mass is 10.2. The monoisotopic (exact) mass is 447 g/mol. The largest absolute Gasteiger partial charge is 0.733 e. The Balaban J connectivity index is 1.60. The van der Waals surface area contributed by atoms with Crippen molar-refractivity contribution in [2.75, 3.05) is 31.4 Å². The van der Waals surface area contributed by atoms with Crippen LogP contribution in [-0.2, 0) is 6.54 Å². The molecule has 3 aromatic carbocycles. The van der Waals surface area contributed by atoms with E-state index in [9.17, 15) is 15.4 Å². The first-order chi connectivity index (χ1) is 16.0. The van der Waals surface area contributed by atoms with Crippen molar-refractivity contribution in [1.29, 1.82) is 0 Å². The van der Waals surface area contributed by atoms with Gasteiger partial charge >= 0.3 is 0 Å². The third kappa shape index (κ3) is 7.73. The number of nitrogens with zero attached hydrogens (tertiary/aromatic N) is 4. The number of aliphatic imine (C=N–C) groups is 2. The van der Waals surface area contributed by atoms with E-state index in [1.54, 1.807) is 73.1 Å². The maximum Gasteiger partial charge on any atom is 0.124 e. The third-order valence-electron chi connectivity index (χ3n) is 4.99. The number of anilines is 1. The van der Waals surface area contributed by atoms with Crippen molar-refractivity contribution in [3.63, 3.8) is 0 Å². The highest BCUT2D eigenvalue weighted by Crippen LogP contribution is 2.15. The van der Waals surface area contributed by atoms with Crippen LogP contribution < -0.4 is 5.23 Å². The predicted octanol–water partition coefficient (Wildman–Crippen LogP) is 3.83. The fourth-order valence-corrected chi connectivity index (χ4v) is 3.17. The molecular weight excluding hydrogens is 420 g/mol. The van der Waals surface area contributed by atoms with Crippen molar-refractivity contribution in [1.82, 2.24) is 4.90 Å². The average Bonchev–Trinajstić information content (AvgIpc) is 2.81. The fraction of sp³-hybridized carbons (Fsp3) is 0.200. The first kappa shape index (κ1) is 23.9. The second-order valence-corrected chi connectivity index (χ2v) is 7.40. The van der Waals surface area contributed by atoms with Crippen LogP contribution in [0.25, 0.3) is 0 Å².